The van der Waals surface area contributed by atoms with Crippen LogP contribution in [0.3, 0.4) is 0 Å². The van der Waals surface area contributed by atoms with Crippen molar-refractivity contribution in [3.05, 3.63) is 85.0 Å². The second-order valence-corrected chi connectivity index (χ2v) is 11.2. The summed E-state index contributed by atoms with van der Waals surface area (Å²) in [6.45, 7) is 8.38. The highest BCUT2D eigenvalue weighted by atomic mass is 28.4. The molecule has 0 heterocycles. The molecule has 0 amide bonds. The van der Waals surface area contributed by atoms with Gasteiger partial charge < -0.3 is 4.43 Å². The molecule has 0 bridgehead atoms. The van der Waals surface area contributed by atoms with Crippen LogP contribution in [-0.2, 0) is 9.22 Å². The Kier molecular flexibility index (Phi) is 6.15. The van der Waals surface area contributed by atoms with E-state index in [4.69, 9.17) is 4.43 Å². The average Bonchev–Trinajstić information content (AvgIpc) is 2.60. The van der Waals surface area contributed by atoms with Gasteiger partial charge in [0.05, 0.1) is 0 Å². The molecule has 0 saturated carbocycles. The summed E-state index contributed by atoms with van der Waals surface area (Å²) in [5, 5.41) is 1.99. The maximum absolute atomic E-state index is 12.6. The minimum atomic E-state index is -2.80. The summed E-state index contributed by atoms with van der Waals surface area (Å²) in [5.74, 6) is -0.299. The topological polar surface area (TPSA) is 26.3 Å². The lowest BCUT2D eigenvalue weighted by atomic mass is 10.2. The molecule has 0 N–H and O–H groups in total. The summed E-state index contributed by atoms with van der Waals surface area (Å²) in [6, 6.07) is 20.3. The summed E-state index contributed by atoms with van der Waals surface area (Å²) >= 11 is 0. The first-order chi connectivity index (χ1) is 11.9. The second-order valence-electron chi connectivity index (χ2n) is 6.97. The standard InChI is InChI=1S/C22H26O2Si/c1-5-6-9-18-21(23)24-25(22(2,3)4,19-14-10-7-11-15-19)20-16-12-8-13-17-20/h5-18H,1-4H3/b6-5+,18-9+. The molecule has 0 aromatic heterocycles. The minimum absolute atomic E-state index is 0.209. The summed E-state index contributed by atoms with van der Waals surface area (Å²) in [7, 11) is -2.80. The van der Waals surface area contributed by atoms with Crippen molar-refractivity contribution in [3.63, 3.8) is 0 Å². The highest BCUT2D eigenvalue weighted by Gasteiger charge is 2.52. The quantitative estimate of drug-likeness (QED) is 0.458. The third-order valence-corrected chi connectivity index (χ3v) is 9.12. The first kappa shape index (κ1) is 18.9. The van der Waals surface area contributed by atoms with E-state index in [9.17, 15) is 4.79 Å². The van der Waals surface area contributed by atoms with E-state index < -0.39 is 8.32 Å². The zero-order valence-corrected chi connectivity index (χ0v) is 16.4. The van der Waals surface area contributed by atoms with E-state index in [1.807, 2.05) is 55.5 Å². The van der Waals surface area contributed by atoms with Gasteiger partial charge in [-0.15, -0.1) is 0 Å². The lowest BCUT2D eigenvalue weighted by molar-refractivity contribution is -0.129. The fourth-order valence-corrected chi connectivity index (χ4v) is 7.38. The highest BCUT2D eigenvalue weighted by molar-refractivity contribution is 7.00. The molecule has 0 aliphatic carbocycles. The van der Waals surface area contributed by atoms with E-state index in [0.29, 0.717) is 0 Å². The van der Waals surface area contributed by atoms with Gasteiger partial charge in [0.1, 0.15) is 0 Å². The van der Waals surface area contributed by atoms with E-state index in [0.717, 1.165) is 10.4 Å². The normalized spacial score (nSPS) is 12.6. The van der Waals surface area contributed by atoms with Gasteiger partial charge in [-0.1, -0.05) is 99.7 Å². The van der Waals surface area contributed by atoms with Crippen molar-refractivity contribution in [2.75, 3.05) is 0 Å². The third kappa shape index (κ3) is 4.17. The number of carbonyl (C=O) groups excluding carboxylic acids is 1. The first-order valence-corrected chi connectivity index (χ1v) is 10.5. The number of allylic oxidation sites excluding steroid dienone is 3. The maximum Gasteiger partial charge on any atom is 0.324 e. The number of benzene rings is 2. The van der Waals surface area contributed by atoms with E-state index >= 15 is 0 Å². The van der Waals surface area contributed by atoms with Crippen molar-refractivity contribution in [1.82, 2.24) is 0 Å². The van der Waals surface area contributed by atoms with Gasteiger partial charge in [-0.05, 0) is 22.3 Å². The van der Waals surface area contributed by atoms with Crippen LogP contribution in [-0.4, -0.2) is 14.3 Å². The molecule has 0 aliphatic rings. The predicted molar refractivity (Wildman–Crippen MR) is 108 cm³/mol. The molecule has 0 spiro atoms. The van der Waals surface area contributed by atoms with Crippen LogP contribution in [0.4, 0.5) is 0 Å². The largest absolute Gasteiger partial charge is 0.506 e. The van der Waals surface area contributed by atoms with E-state index in [-0.39, 0.29) is 11.0 Å². The van der Waals surface area contributed by atoms with Crippen LogP contribution in [0.2, 0.25) is 5.04 Å². The molecular weight excluding hydrogens is 324 g/mol. The van der Waals surface area contributed by atoms with Gasteiger partial charge in [0.2, 0.25) is 0 Å². The Bertz CT molecular complexity index is 701. The summed E-state index contributed by atoms with van der Waals surface area (Å²) in [6.07, 6.45) is 6.93. The van der Waals surface area contributed by atoms with Gasteiger partial charge in [0, 0.05) is 6.08 Å². The predicted octanol–water partition coefficient (Wildman–Crippen LogP) is 4.22. The number of carbonyl (C=O) groups is 1. The monoisotopic (exact) mass is 350 g/mol. The van der Waals surface area contributed by atoms with Crippen molar-refractivity contribution in [3.8, 4) is 0 Å². The lowest BCUT2D eigenvalue weighted by Gasteiger charge is -2.41. The molecule has 2 nitrogen and oxygen atoms in total. The van der Waals surface area contributed by atoms with Crippen LogP contribution in [0.25, 0.3) is 0 Å². The zero-order chi connectivity index (χ0) is 18.3. The Morgan fingerprint density at radius 2 is 1.36 bits per heavy atom. The first-order valence-electron chi connectivity index (χ1n) is 8.55. The van der Waals surface area contributed by atoms with Crippen molar-refractivity contribution in [1.29, 1.82) is 0 Å². The lowest BCUT2D eigenvalue weighted by Crippen LogP contribution is -2.67. The summed E-state index contributed by atoms with van der Waals surface area (Å²) in [4.78, 5) is 12.6. The van der Waals surface area contributed by atoms with Crippen LogP contribution < -0.4 is 10.4 Å². The Balaban J connectivity index is 2.62. The minimum Gasteiger partial charge on any atom is -0.506 e. The van der Waals surface area contributed by atoms with E-state index in [1.54, 1.807) is 6.08 Å². The summed E-state index contributed by atoms with van der Waals surface area (Å²) < 4.78 is 6.30. The van der Waals surface area contributed by atoms with Gasteiger partial charge in [0.25, 0.3) is 0 Å². The average molecular weight is 351 g/mol. The smallest absolute Gasteiger partial charge is 0.324 e. The SMILES string of the molecule is C/C=C/C=C/C(=O)O[Si](c1ccccc1)(c1ccccc1)C(C)(C)C. The van der Waals surface area contributed by atoms with Crippen LogP contribution in [0.1, 0.15) is 27.7 Å². The van der Waals surface area contributed by atoms with Crippen LogP contribution in [0.5, 0.6) is 0 Å². The molecule has 2 aromatic rings. The molecule has 0 unspecified atom stereocenters. The molecule has 2 rings (SSSR count). The Hall–Kier alpha value is -2.39. The third-order valence-electron chi connectivity index (χ3n) is 4.21. The Morgan fingerprint density at radius 3 is 1.76 bits per heavy atom. The van der Waals surface area contributed by atoms with Gasteiger partial charge in [0.15, 0.2) is 0 Å². The Morgan fingerprint density at radius 1 is 0.880 bits per heavy atom. The number of rotatable bonds is 5. The van der Waals surface area contributed by atoms with Crippen molar-refractivity contribution in [2.24, 2.45) is 0 Å². The molecule has 0 atom stereocenters. The molecule has 130 valence electrons. The molecule has 0 aliphatic heterocycles. The van der Waals surface area contributed by atoms with Gasteiger partial charge >= 0.3 is 14.3 Å². The van der Waals surface area contributed by atoms with Gasteiger partial charge in [-0.2, -0.15) is 0 Å². The van der Waals surface area contributed by atoms with Crippen LogP contribution in [0, 0.1) is 0 Å². The van der Waals surface area contributed by atoms with Crippen molar-refractivity contribution < 1.29 is 9.22 Å². The zero-order valence-electron chi connectivity index (χ0n) is 15.4. The molecular formula is C22H26O2Si. The van der Waals surface area contributed by atoms with E-state index in [2.05, 4.69) is 45.0 Å². The van der Waals surface area contributed by atoms with Crippen LogP contribution in [0.15, 0.2) is 85.0 Å². The van der Waals surface area contributed by atoms with Crippen molar-refractivity contribution in [2.45, 2.75) is 32.7 Å². The Labute approximate surface area is 152 Å². The van der Waals surface area contributed by atoms with Crippen molar-refractivity contribution >= 4 is 24.7 Å². The molecule has 0 fully saturated rings. The number of hydrogen-bond acceptors (Lipinski definition) is 2. The van der Waals surface area contributed by atoms with E-state index in [1.165, 1.54) is 6.08 Å². The summed E-state index contributed by atoms with van der Waals surface area (Å²) in [5.41, 5.74) is 0. The number of hydrogen-bond donors (Lipinski definition) is 0. The molecule has 0 radical (unpaired) electrons. The molecule has 2 aromatic carbocycles. The molecule has 25 heavy (non-hydrogen) atoms. The van der Waals surface area contributed by atoms with Gasteiger partial charge in [-0.3, -0.25) is 0 Å². The van der Waals surface area contributed by atoms with Gasteiger partial charge in [-0.25, -0.2) is 4.79 Å². The molecule has 3 heteroatoms. The highest BCUT2D eigenvalue weighted by Crippen LogP contribution is 2.36. The second kappa shape index (κ2) is 8.12. The van der Waals surface area contributed by atoms with Crippen LogP contribution >= 0.6 is 0 Å². The fraction of sp³-hybridized carbons (Fsp3) is 0.227. The molecule has 0 saturated heterocycles. The maximum atomic E-state index is 12.6. The fourth-order valence-electron chi connectivity index (χ4n) is 3.08.